The zero-order valence-electron chi connectivity index (χ0n) is 12.3. The van der Waals surface area contributed by atoms with Gasteiger partial charge < -0.3 is 0 Å². The Morgan fingerprint density at radius 2 is 1.70 bits per heavy atom. The molecule has 0 amide bonds. The number of nitrogens with zero attached hydrogens (tertiary/aromatic N) is 3. The molecule has 128 valence electrons. The zero-order chi connectivity index (χ0) is 17.0. The van der Waals surface area contributed by atoms with E-state index in [-0.39, 0.29) is 44.2 Å². The largest absolute Gasteiger partial charge is 0.295 e. The number of piperazine rings is 1. The number of hydrogen-bond acceptors (Lipinski definition) is 5. The number of hydrogen-bond donors (Lipinski definition) is 0. The van der Waals surface area contributed by atoms with Crippen LogP contribution in [0.2, 0.25) is 0 Å². The van der Waals surface area contributed by atoms with Crippen molar-refractivity contribution in [2.45, 2.75) is 12.2 Å². The standard InChI is InChI=1S/C13H17F2N3O4S/c14-13(15)9-16-5-7-17(8-6-16)23(21,22)10-11-1-3-12(4-2-11)18(19)20/h1-4,13H,5-10H2. The first-order chi connectivity index (χ1) is 10.8. The molecule has 0 atom stereocenters. The van der Waals surface area contributed by atoms with Crippen molar-refractivity contribution in [1.29, 1.82) is 0 Å². The first kappa shape index (κ1) is 17.7. The minimum absolute atomic E-state index is 0.105. The van der Waals surface area contributed by atoms with Crippen molar-refractivity contribution < 1.29 is 22.1 Å². The Labute approximate surface area is 132 Å². The molecule has 1 fully saturated rings. The number of sulfonamides is 1. The summed E-state index contributed by atoms with van der Waals surface area (Å²) < 4.78 is 50.5. The Kier molecular flexibility index (Phi) is 5.60. The fraction of sp³-hybridized carbons (Fsp3) is 0.538. The van der Waals surface area contributed by atoms with E-state index >= 15 is 0 Å². The molecule has 0 N–H and O–H groups in total. The lowest BCUT2D eigenvalue weighted by molar-refractivity contribution is -0.384. The number of benzene rings is 1. The lowest BCUT2D eigenvalue weighted by atomic mass is 10.2. The van der Waals surface area contributed by atoms with Gasteiger partial charge in [0, 0.05) is 38.3 Å². The molecule has 7 nitrogen and oxygen atoms in total. The summed E-state index contributed by atoms with van der Waals surface area (Å²) in [7, 11) is -3.57. The molecule has 1 aromatic rings. The second kappa shape index (κ2) is 7.28. The molecule has 1 saturated heterocycles. The predicted molar refractivity (Wildman–Crippen MR) is 79.7 cm³/mol. The Morgan fingerprint density at radius 3 is 2.17 bits per heavy atom. The molecule has 1 aromatic carbocycles. The topological polar surface area (TPSA) is 83.8 Å². The highest BCUT2D eigenvalue weighted by Gasteiger charge is 2.28. The van der Waals surface area contributed by atoms with Crippen LogP contribution in [-0.2, 0) is 15.8 Å². The summed E-state index contributed by atoms with van der Waals surface area (Å²) in [5, 5.41) is 10.6. The second-order valence-electron chi connectivity index (χ2n) is 5.27. The summed E-state index contributed by atoms with van der Waals surface area (Å²) in [6.45, 7) is 0.522. The van der Waals surface area contributed by atoms with Crippen molar-refractivity contribution in [3.8, 4) is 0 Å². The van der Waals surface area contributed by atoms with Crippen LogP contribution in [0.15, 0.2) is 24.3 Å². The number of halogens is 2. The van der Waals surface area contributed by atoms with Gasteiger partial charge >= 0.3 is 0 Å². The molecular formula is C13H17F2N3O4S. The van der Waals surface area contributed by atoms with Crippen LogP contribution in [0.25, 0.3) is 0 Å². The third-order valence-corrected chi connectivity index (χ3v) is 5.47. The van der Waals surface area contributed by atoms with E-state index in [1.54, 1.807) is 0 Å². The normalized spacial score (nSPS) is 17.5. The van der Waals surface area contributed by atoms with Crippen molar-refractivity contribution in [2.24, 2.45) is 0 Å². The molecular weight excluding hydrogens is 332 g/mol. The van der Waals surface area contributed by atoms with E-state index in [1.165, 1.54) is 33.5 Å². The molecule has 1 aliphatic rings. The minimum atomic E-state index is -3.57. The van der Waals surface area contributed by atoms with E-state index in [0.717, 1.165) is 0 Å². The van der Waals surface area contributed by atoms with Gasteiger partial charge in [-0.1, -0.05) is 12.1 Å². The van der Waals surface area contributed by atoms with Crippen LogP contribution in [0.5, 0.6) is 0 Å². The summed E-state index contributed by atoms with van der Waals surface area (Å²) in [6.07, 6.45) is -2.43. The molecule has 0 saturated carbocycles. The van der Waals surface area contributed by atoms with E-state index < -0.39 is 21.4 Å². The maximum Gasteiger partial charge on any atom is 0.269 e. The van der Waals surface area contributed by atoms with Crippen LogP contribution in [0.1, 0.15) is 5.56 Å². The maximum atomic E-state index is 12.3. The second-order valence-corrected chi connectivity index (χ2v) is 7.24. The number of nitro groups is 1. The van der Waals surface area contributed by atoms with Gasteiger partial charge in [-0.3, -0.25) is 15.0 Å². The van der Waals surface area contributed by atoms with Crippen molar-refractivity contribution in [1.82, 2.24) is 9.21 Å². The molecule has 0 bridgehead atoms. The van der Waals surface area contributed by atoms with Crippen LogP contribution < -0.4 is 0 Å². The molecule has 1 aliphatic heterocycles. The maximum absolute atomic E-state index is 12.3. The van der Waals surface area contributed by atoms with Crippen LogP contribution in [0.3, 0.4) is 0 Å². The SMILES string of the molecule is O=[N+]([O-])c1ccc(CS(=O)(=O)N2CCN(CC(F)F)CC2)cc1. The molecule has 10 heteroatoms. The number of rotatable bonds is 6. The van der Waals surface area contributed by atoms with Crippen LogP contribution >= 0.6 is 0 Å². The monoisotopic (exact) mass is 349 g/mol. The molecule has 0 spiro atoms. The quantitative estimate of drug-likeness (QED) is 0.571. The molecule has 23 heavy (non-hydrogen) atoms. The average Bonchev–Trinajstić information content (AvgIpc) is 2.47. The van der Waals surface area contributed by atoms with Gasteiger partial charge in [0.15, 0.2) is 0 Å². The lowest BCUT2D eigenvalue weighted by Gasteiger charge is -2.33. The van der Waals surface area contributed by atoms with Crippen LogP contribution in [-0.4, -0.2) is 61.7 Å². The molecule has 0 radical (unpaired) electrons. The first-order valence-corrected chi connectivity index (χ1v) is 8.60. The van der Waals surface area contributed by atoms with Crippen LogP contribution in [0.4, 0.5) is 14.5 Å². The van der Waals surface area contributed by atoms with Crippen molar-refractivity contribution >= 4 is 15.7 Å². The van der Waals surface area contributed by atoms with Gasteiger partial charge in [0.05, 0.1) is 17.2 Å². The fourth-order valence-corrected chi connectivity index (χ4v) is 3.92. The smallest absolute Gasteiger partial charge is 0.269 e. The molecule has 0 aliphatic carbocycles. The summed E-state index contributed by atoms with van der Waals surface area (Å²) in [4.78, 5) is 11.5. The van der Waals surface area contributed by atoms with E-state index in [2.05, 4.69) is 0 Å². The number of non-ortho nitro benzene ring substituents is 1. The summed E-state index contributed by atoms with van der Waals surface area (Å²) in [5.41, 5.74) is 0.345. The predicted octanol–water partition coefficient (Wildman–Crippen LogP) is 1.31. The van der Waals surface area contributed by atoms with Crippen molar-refractivity contribution in [3.05, 3.63) is 39.9 Å². The van der Waals surface area contributed by atoms with Gasteiger partial charge in [-0.25, -0.2) is 17.2 Å². The third-order valence-electron chi connectivity index (χ3n) is 3.62. The van der Waals surface area contributed by atoms with Gasteiger partial charge in [-0.15, -0.1) is 0 Å². The molecule has 0 aromatic heterocycles. The number of nitro benzene ring substituents is 1. The summed E-state index contributed by atoms with van der Waals surface area (Å²) >= 11 is 0. The Balaban J connectivity index is 1.96. The average molecular weight is 349 g/mol. The Bertz CT molecular complexity index is 644. The highest BCUT2D eigenvalue weighted by molar-refractivity contribution is 7.88. The molecule has 2 rings (SSSR count). The summed E-state index contributed by atoms with van der Waals surface area (Å²) in [5.74, 6) is -0.264. The van der Waals surface area contributed by atoms with Gasteiger partial charge in [-0.2, -0.15) is 4.31 Å². The summed E-state index contributed by atoms with van der Waals surface area (Å²) in [6, 6.07) is 5.32. The minimum Gasteiger partial charge on any atom is -0.295 e. The molecule has 0 unspecified atom stereocenters. The van der Waals surface area contributed by atoms with Crippen molar-refractivity contribution in [3.63, 3.8) is 0 Å². The van der Waals surface area contributed by atoms with Gasteiger partial charge in [0.2, 0.25) is 10.0 Å². The third kappa shape index (κ3) is 4.91. The first-order valence-electron chi connectivity index (χ1n) is 6.99. The van der Waals surface area contributed by atoms with Gasteiger partial charge in [-0.05, 0) is 5.56 Å². The van der Waals surface area contributed by atoms with Gasteiger partial charge in [0.1, 0.15) is 0 Å². The Morgan fingerprint density at radius 1 is 1.13 bits per heavy atom. The molecule has 1 heterocycles. The van der Waals surface area contributed by atoms with E-state index in [4.69, 9.17) is 0 Å². The van der Waals surface area contributed by atoms with E-state index in [1.807, 2.05) is 0 Å². The Hall–Kier alpha value is -1.65. The zero-order valence-corrected chi connectivity index (χ0v) is 13.1. The fourth-order valence-electron chi connectivity index (χ4n) is 2.40. The highest BCUT2D eigenvalue weighted by Crippen LogP contribution is 2.17. The van der Waals surface area contributed by atoms with E-state index in [0.29, 0.717) is 5.56 Å². The van der Waals surface area contributed by atoms with E-state index in [9.17, 15) is 27.3 Å². The van der Waals surface area contributed by atoms with Crippen LogP contribution in [0, 0.1) is 10.1 Å². The lowest BCUT2D eigenvalue weighted by Crippen LogP contribution is -2.49. The van der Waals surface area contributed by atoms with Crippen molar-refractivity contribution in [2.75, 3.05) is 32.7 Å². The number of alkyl halides is 2. The highest BCUT2D eigenvalue weighted by atomic mass is 32.2. The van der Waals surface area contributed by atoms with Gasteiger partial charge in [0.25, 0.3) is 12.1 Å².